The Balaban J connectivity index is 0.000000351. The number of carbonyl (C=O) groups is 1. The molecule has 0 bridgehead atoms. The number of carbonyl (C=O) groups excluding carboxylic acids is 1. The Hall–Kier alpha value is -1.20. The monoisotopic (exact) mass is 476 g/mol. The summed E-state index contributed by atoms with van der Waals surface area (Å²) in [4.78, 5) is 13.6. The number of aromatic amines is 1. The van der Waals surface area contributed by atoms with Gasteiger partial charge in [0, 0.05) is 32.8 Å². The molecule has 2 aliphatic heterocycles. The van der Waals surface area contributed by atoms with Crippen LogP contribution in [0.15, 0.2) is 4.60 Å². The first kappa shape index (κ1) is 25.8. The molecule has 1 atom stereocenters. The van der Waals surface area contributed by atoms with Gasteiger partial charge in [-0.2, -0.15) is 5.10 Å². The summed E-state index contributed by atoms with van der Waals surface area (Å²) >= 11 is 3.21. The fraction of sp³-hybridized carbons (Fsp3) is 0.789. The number of H-pyrrole nitrogens is 1. The molecule has 0 radical (unpaired) electrons. The van der Waals surface area contributed by atoms with Crippen molar-refractivity contribution in [2.24, 2.45) is 5.73 Å². The molecule has 10 heteroatoms. The van der Waals surface area contributed by atoms with Crippen molar-refractivity contribution in [1.29, 1.82) is 0 Å². The molecule has 9 nitrogen and oxygen atoms in total. The molecule has 2 aliphatic rings. The van der Waals surface area contributed by atoms with E-state index in [4.69, 9.17) is 15.2 Å². The number of rotatable bonds is 8. The maximum absolute atomic E-state index is 11.3. The van der Waals surface area contributed by atoms with Crippen LogP contribution in [0.2, 0.25) is 0 Å². The molecule has 1 unspecified atom stereocenters. The molecule has 0 saturated carbocycles. The van der Waals surface area contributed by atoms with Crippen LogP contribution >= 0.6 is 15.9 Å². The largest absolute Gasteiger partial charge is 0.383 e. The summed E-state index contributed by atoms with van der Waals surface area (Å²) in [5.74, 6) is -0.00217. The standard InChI is InChI=1S/C11H18BrN5O2.C6H13NO.C2H6/c12-9-8(10(13)18)11(16-15-9)14-2-1-3-17-4-6-19-7-5-17;1-8-5-6-3-2-4-7-6;1-2/h1-7H2,(H2,13,18)(H2,14,15,16);6-7H,2-5H2,1H3;1-2H3. The van der Waals surface area contributed by atoms with Gasteiger partial charge in [-0.05, 0) is 48.3 Å². The van der Waals surface area contributed by atoms with Gasteiger partial charge in [-0.15, -0.1) is 0 Å². The summed E-state index contributed by atoms with van der Waals surface area (Å²) in [7, 11) is 1.75. The van der Waals surface area contributed by atoms with Crippen LogP contribution < -0.4 is 16.4 Å². The van der Waals surface area contributed by atoms with Gasteiger partial charge in [-0.1, -0.05) is 13.8 Å². The molecule has 5 N–H and O–H groups in total. The van der Waals surface area contributed by atoms with Gasteiger partial charge in [-0.3, -0.25) is 14.8 Å². The van der Waals surface area contributed by atoms with Crippen molar-refractivity contribution in [2.45, 2.75) is 39.2 Å². The number of halogens is 1. The number of anilines is 1. The second kappa shape index (κ2) is 15.6. The molecular formula is C19H37BrN6O3. The fourth-order valence-corrected chi connectivity index (χ4v) is 3.58. The van der Waals surface area contributed by atoms with Gasteiger partial charge in [0.1, 0.15) is 10.2 Å². The molecule has 0 spiro atoms. The van der Waals surface area contributed by atoms with Crippen LogP contribution in [0, 0.1) is 0 Å². The molecule has 3 heterocycles. The van der Waals surface area contributed by atoms with E-state index < -0.39 is 5.91 Å². The summed E-state index contributed by atoms with van der Waals surface area (Å²) < 4.78 is 10.8. The number of ether oxygens (including phenoxy) is 2. The summed E-state index contributed by atoms with van der Waals surface area (Å²) in [6.45, 7) is 11.4. The zero-order valence-corrected chi connectivity index (χ0v) is 19.5. The molecule has 2 fully saturated rings. The van der Waals surface area contributed by atoms with Crippen LogP contribution in [0.4, 0.5) is 5.82 Å². The molecular weight excluding hydrogens is 440 g/mol. The summed E-state index contributed by atoms with van der Waals surface area (Å²) in [5.41, 5.74) is 5.66. The topological polar surface area (TPSA) is 118 Å². The number of primary amides is 1. The molecule has 1 aromatic heterocycles. The summed E-state index contributed by atoms with van der Waals surface area (Å²) in [6, 6.07) is 0.639. The van der Waals surface area contributed by atoms with Crippen LogP contribution in [0.5, 0.6) is 0 Å². The van der Waals surface area contributed by atoms with Gasteiger partial charge in [-0.25, -0.2) is 0 Å². The number of methoxy groups -OCH3 is 1. The van der Waals surface area contributed by atoms with Gasteiger partial charge in [0.25, 0.3) is 5.91 Å². The Morgan fingerprint density at radius 2 is 2.14 bits per heavy atom. The van der Waals surface area contributed by atoms with Crippen molar-refractivity contribution < 1.29 is 14.3 Å². The Bertz CT molecular complexity index is 560. The van der Waals surface area contributed by atoms with E-state index in [1.165, 1.54) is 19.4 Å². The molecule has 29 heavy (non-hydrogen) atoms. The number of hydrogen-bond donors (Lipinski definition) is 4. The minimum absolute atomic E-state index is 0.367. The zero-order valence-electron chi connectivity index (χ0n) is 17.9. The van der Waals surface area contributed by atoms with Crippen molar-refractivity contribution >= 4 is 27.7 Å². The van der Waals surface area contributed by atoms with Crippen molar-refractivity contribution in [3.8, 4) is 0 Å². The van der Waals surface area contributed by atoms with E-state index >= 15 is 0 Å². The number of hydrogen-bond acceptors (Lipinski definition) is 7. The number of morpholine rings is 1. The van der Waals surface area contributed by atoms with Crippen LogP contribution in [0.1, 0.15) is 43.5 Å². The molecule has 0 aromatic carbocycles. The van der Waals surface area contributed by atoms with Crippen LogP contribution in [-0.4, -0.2) is 86.7 Å². The van der Waals surface area contributed by atoms with E-state index in [9.17, 15) is 4.79 Å². The predicted molar refractivity (Wildman–Crippen MR) is 119 cm³/mol. The van der Waals surface area contributed by atoms with Crippen molar-refractivity contribution in [2.75, 3.05) is 65.0 Å². The van der Waals surface area contributed by atoms with Gasteiger partial charge in [0.2, 0.25) is 0 Å². The average Bonchev–Trinajstić information content (AvgIpc) is 3.38. The molecule has 2 saturated heterocycles. The first-order valence-electron chi connectivity index (χ1n) is 10.4. The Kier molecular flexibility index (Phi) is 13.9. The first-order valence-corrected chi connectivity index (χ1v) is 11.2. The summed E-state index contributed by atoms with van der Waals surface area (Å²) in [5, 5.41) is 13.1. The van der Waals surface area contributed by atoms with Crippen molar-refractivity contribution in [3.05, 3.63) is 10.2 Å². The third kappa shape index (κ3) is 9.90. The molecule has 1 aromatic rings. The zero-order chi connectivity index (χ0) is 21.5. The second-order valence-electron chi connectivity index (χ2n) is 6.61. The average molecular weight is 477 g/mol. The Morgan fingerprint density at radius 3 is 2.72 bits per heavy atom. The normalized spacial score (nSPS) is 19.0. The number of aromatic nitrogens is 2. The maximum Gasteiger partial charge on any atom is 0.255 e. The van der Waals surface area contributed by atoms with E-state index in [0.29, 0.717) is 22.0 Å². The first-order chi connectivity index (χ1) is 14.1. The maximum atomic E-state index is 11.3. The van der Waals surface area contributed by atoms with E-state index in [0.717, 1.165) is 52.4 Å². The SMILES string of the molecule is CC.COCC1CCCN1.NC(=O)c1c(NCCCN2CCOCC2)n[nH]c1Br. The quantitative estimate of drug-likeness (QED) is 0.422. The lowest BCUT2D eigenvalue weighted by Gasteiger charge is -2.26. The second-order valence-corrected chi connectivity index (χ2v) is 7.40. The highest BCUT2D eigenvalue weighted by molar-refractivity contribution is 9.10. The predicted octanol–water partition coefficient (Wildman–Crippen LogP) is 1.82. The summed E-state index contributed by atoms with van der Waals surface area (Å²) in [6.07, 6.45) is 3.57. The van der Waals surface area contributed by atoms with E-state index in [1.54, 1.807) is 7.11 Å². The highest BCUT2D eigenvalue weighted by Gasteiger charge is 2.16. The van der Waals surface area contributed by atoms with E-state index in [1.807, 2.05) is 13.8 Å². The molecule has 0 aliphatic carbocycles. The van der Waals surface area contributed by atoms with Gasteiger partial charge in [0.15, 0.2) is 5.82 Å². The Morgan fingerprint density at radius 1 is 1.41 bits per heavy atom. The third-order valence-corrected chi connectivity index (χ3v) is 5.12. The minimum Gasteiger partial charge on any atom is -0.383 e. The van der Waals surface area contributed by atoms with Gasteiger partial charge < -0.3 is 25.8 Å². The number of nitrogens with zero attached hydrogens (tertiary/aromatic N) is 2. The van der Waals surface area contributed by atoms with Crippen LogP contribution in [0.25, 0.3) is 0 Å². The number of nitrogens with one attached hydrogen (secondary N) is 3. The Labute approximate surface area is 182 Å². The smallest absolute Gasteiger partial charge is 0.255 e. The highest BCUT2D eigenvalue weighted by atomic mass is 79.9. The molecule has 168 valence electrons. The van der Waals surface area contributed by atoms with Crippen LogP contribution in [0.3, 0.4) is 0 Å². The van der Waals surface area contributed by atoms with Crippen LogP contribution in [-0.2, 0) is 9.47 Å². The minimum atomic E-state index is -0.503. The third-order valence-electron chi connectivity index (χ3n) is 4.55. The van der Waals surface area contributed by atoms with Gasteiger partial charge >= 0.3 is 0 Å². The fourth-order valence-electron chi connectivity index (χ4n) is 3.11. The van der Waals surface area contributed by atoms with Crippen molar-refractivity contribution in [3.63, 3.8) is 0 Å². The lowest BCUT2D eigenvalue weighted by atomic mass is 10.2. The lowest BCUT2D eigenvalue weighted by Crippen LogP contribution is -2.37. The van der Waals surface area contributed by atoms with E-state index in [2.05, 4.69) is 41.7 Å². The van der Waals surface area contributed by atoms with E-state index in [-0.39, 0.29) is 0 Å². The van der Waals surface area contributed by atoms with Gasteiger partial charge in [0.05, 0.1) is 19.8 Å². The number of nitrogens with two attached hydrogens (primary N) is 1. The highest BCUT2D eigenvalue weighted by Crippen LogP contribution is 2.20. The molecule has 1 amide bonds. The number of amides is 1. The van der Waals surface area contributed by atoms with Crippen molar-refractivity contribution in [1.82, 2.24) is 20.4 Å². The molecule has 3 rings (SSSR count). The lowest BCUT2D eigenvalue weighted by molar-refractivity contribution is 0.0378.